The van der Waals surface area contributed by atoms with Crippen molar-refractivity contribution in [1.82, 2.24) is 14.3 Å². The Kier molecular flexibility index (Phi) is 3.93. The molecule has 19 heavy (non-hydrogen) atoms. The van der Waals surface area contributed by atoms with Crippen LogP contribution in [0.15, 0.2) is 35.6 Å². The van der Waals surface area contributed by atoms with Crippen molar-refractivity contribution in [1.29, 1.82) is 0 Å². The lowest BCUT2D eigenvalue weighted by Gasteiger charge is -2.07. The summed E-state index contributed by atoms with van der Waals surface area (Å²) >= 11 is 5.89. The van der Waals surface area contributed by atoms with Gasteiger partial charge in [0.15, 0.2) is 0 Å². The van der Waals surface area contributed by atoms with Gasteiger partial charge in [-0.3, -0.25) is 0 Å². The summed E-state index contributed by atoms with van der Waals surface area (Å²) in [5, 5.41) is -0.0532. The number of aryl methyl sites for hydroxylation is 2. The third-order valence-corrected chi connectivity index (χ3v) is 4.69. The van der Waals surface area contributed by atoms with Gasteiger partial charge in [0, 0.05) is 13.6 Å². The lowest BCUT2D eigenvalue weighted by atomic mass is 10.1. The molecule has 1 N–H and O–H groups in total. The van der Waals surface area contributed by atoms with Crippen molar-refractivity contribution in [2.24, 2.45) is 7.05 Å². The molecule has 0 aliphatic heterocycles. The quantitative estimate of drug-likeness (QED) is 0.937. The van der Waals surface area contributed by atoms with E-state index in [1.807, 2.05) is 31.2 Å². The summed E-state index contributed by atoms with van der Waals surface area (Å²) in [6.07, 6.45) is 1.37. The standard InChI is InChI=1S/C12H14ClN3O2S/c1-9-5-3-4-6-10(9)7-15-19(17,18)12-11(13)16(2)8-14-12/h3-6,8,15H,7H2,1-2H3. The summed E-state index contributed by atoms with van der Waals surface area (Å²) in [6.45, 7) is 2.14. The van der Waals surface area contributed by atoms with Gasteiger partial charge in [-0.1, -0.05) is 35.9 Å². The summed E-state index contributed by atoms with van der Waals surface area (Å²) < 4.78 is 28.1. The molecule has 2 rings (SSSR count). The zero-order valence-electron chi connectivity index (χ0n) is 10.6. The Morgan fingerprint density at radius 1 is 1.37 bits per heavy atom. The van der Waals surface area contributed by atoms with Gasteiger partial charge in [0.2, 0.25) is 5.03 Å². The van der Waals surface area contributed by atoms with Crippen LogP contribution in [0.4, 0.5) is 0 Å². The van der Waals surface area contributed by atoms with E-state index in [4.69, 9.17) is 11.6 Å². The lowest BCUT2D eigenvalue weighted by Crippen LogP contribution is -2.24. The van der Waals surface area contributed by atoms with Crippen LogP contribution in [0, 0.1) is 6.92 Å². The molecule has 0 aliphatic carbocycles. The number of nitrogens with zero attached hydrogens (tertiary/aromatic N) is 2. The van der Waals surface area contributed by atoms with E-state index < -0.39 is 10.0 Å². The van der Waals surface area contributed by atoms with E-state index in [-0.39, 0.29) is 16.7 Å². The van der Waals surface area contributed by atoms with E-state index in [9.17, 15) is 8.42 Å². The highest BCUT2D eigenvalue weighted by Crippen LogP contribution is 2.18. The summed E-state index contributed by atoms with van der Waals surface area (Å²) in [4.78, 5) is 3.80. The third-order valence-electron chi connectivity index (χ3n) is 2.80. The predicted molar refractivity (Wildman–Crippen MR) is 73.4 cm³/mol. The van der Waals surface area contributed by atoms with E-state index in [1.54, 1.807) is 7.05 Å². The Hall–Kier alpha value is -1.37. The minimum atomic E-state index is -3.70. The van der Waals surface area contributed by atoms with Gasteiger partial charge in [0.05, 0.1) is 6.33 Å². The molecule has 1 aromatic heterocycles. The van der Waals surface area contributed by atoms with Crippen molar-refractivity contribution in [3.8, 4) is 0 Å². The van der Waals surface area contributed by atoms with Gasteiger partial charge in [0.25, 0.3) is 10.0 Å². The van der Waals surface area contributed by atoms with Crippen LogP contribution in [0.2, 0.25) is 5.15 Å². The molecule has 2 aromatic rings. The maximum absolute atomic E-state index is 12.1. The molecule has 0 saturated carbocycles. The average Bonchev–Trinajstić information content (AvgIpc) is 2.70. The Morgan fingerprint density at radius 2 is 2.05 bits per heavy atom. The third kappa shape index (κ3) is 2.97. The van der Waals surface area contributed by atoms with Crippen LogP contribution in [-0.2, 0) is 23.6 Å². The molecule has 0 aliphatic rings. The number of hydrogen-bond donors (Lipinski definition) is 1. The molecular weight excluding hydrogens is 286 g/mol. The average molecular weight is 300 g/mol. The maximum Gasteiger partial charge on any atom is 0.261 e. The Balaban J connectivity index is 2.19. The molecule has 5 nitrogen and oxygen atoms in total. The molecule has 1 aromatic carbocycles. The first-order valence-electron chi connectivity index (χ1n) is 5.63. The van der Waals surface area contributed by atoms with E-state index in [0.717, 1.165) is 11.1 Å². The fourth-order valence-electron chi connectivity index (χ4n) is 1.62. The van der Waals surface area contributed by atoms with Crippen molar-refractivity contribution < 1.29 is 8.42 Å². The smallest absolute Gasteiger partial charge is 0.261 e. The van der Waals surface area contributed by atoms with Crippen LogP contribution < -0.4 is 4.72 Å². The zero-order valence-corrected chi connectivity index (χ0v) is 12.2. The second-order valence-corrected chi connectivity index (χ2v) is 6.24. The topological polar surface area (TPSA) is 64.0 Å². The van der Waals surface area contributed by atoms with E-state index >= 15 is 0 Å². The predicted octanol–water partition coefficient (Wildman–Crippen LogP) is 1.86. The molecule has 0 unspecified atom stereocenters. The molecule has 0 saturated heterocycles. The van der Waals surface area contributed by atoms with Gasteiger partial charge < -0.3 is 4.57 Å². The van der Waals surface area contributed by atoms with Crippen molar-refractivity contribution in [2.45, 2.75) is 18.5 Å². The zero-order chi connectivity index (χ0) is 14.0. The van der Waals surface area contributed by atoms with Gasteiger partial charge >= 0.3 is 0 Å². The van der Waals surface area contributed by atoms with E-state index in [1.165, 1.54) is 10.9 Å². The summed E-state index contributed by atoms with van der Waals surface area (Å²) in [6, 6.07) is 7.57. The Bertz CT molecular complexity index is 695. The molecule has 7 heteroatoms. The highest BCUT2D eigenvalue weighted by Gasteiger charge is 2.21. The molecular formula is C12H14ClN3O2S. The van der Waals surface area contributed by atoms with Crippen LogP contribution in [0.3, 0.4) is 0 Å². The first-order valence-corrected chi connectivity index (χ1v) is 7.49. The second kappa shape index (κ2) is 5.32. The monoisotopic (exact) mass is 299 g/mol. The van der Waals surface area contributed by atoms with E-state index in [0.29, 0.717) is 0 Å². The first-order chi connectivity index (χ1) is 8.92. The maximum atomic E-state index is 12.1. The molecule has 0 spiro atoms. The first kappa shape index (κ1) is 14.0. The van der Waals surface area contributed by atoms with Crippen molar-refractivity contribution in [3.05, 3.63) is 46.9 Å². The second-order valence-electron chi connectivity index (χ2n) is 4.20. The lowest BCUT2D eigenvalue weighted by molar-refractivity contribution is 0.578. The Morgan fingerprint density at radius 3 is 2.63 bits per heavy atom. The Labute approximate surface area is 117 Å². The van der Waals surface area contributed by atoms with Crippen LogP contribution in [0.1, 0.15) is 11.1 Å². The molecule has 0 amide bonds. The highest BCUT2D eigenvalue weighted by atomic mass is 35.5. The van der Waals surface area contributed by atoms with E-state index in [2.05, 4.69) is 9.71 Å². The van der Waals surface area contributed by atoms with Crippen LogP contribution in [0.25, 0.3) is 0 Å². The number of benzene rings is 1. The molecule has 0 atom stereocenters. The number of sulfonamides is 1. The molecule has 0 fully saturated rings. The van der Waals surface area contributed by atoms with Gasteiger partial charge in [-0.15, -0.1) is 0 Å². The fraction of sp³-hybridized carbons (Fsp3) is 0.250. The van der Waals surface area contributed by atoms with Crippen molar-refractivity contribution >= 4 is 21.6 Å². The normalized spacial score (nSPS) is 11.7. The van der Waals surface area contributed by atoms with Gasteiger partial charge in [-0.05, 0) is 18.1 Å². The number of imidazole rings is 1. The molecule has 102 valence electrons. The largest absolute Gasteiger partial charge is 0.324 e. The summed E-state index contributed by atoms with van der Waals surface area (Å²) in [5.41, 5.74) is 1.94. The fourth-order valence-corrected chi connectivity index (χ4v) is 3.05. The van der Waals surface area contributed by atoms with Crippen LogP contribution in [0.5, 0.6) is 0 Å². The number of rotatable bonds is 4. The SMILES string of the molecule is Cc1ccccc1CNS(=O)(=O)c1ncn(C)c1Cl. The van der Waals surface area contributed by atoms with Crippen molar-refractivity contribution in [3.63, 3.8) is 0 Å². The summed E-state index contributed by atoms with van der Waals surface area (Å²) in [5.74, 6) is 0. The van der Waals surface area contributed by atoms with Gasteiger partial charge in [0.1, 0.15) is 5.15 Å². The number of hydrogen-bond acceptors (Lipinski definition) is 3. The number of aromatic nitrogens is 2. The minimum Gasteiger partial charge on any atom is -0.324 e. The molecule has 0 radical (unpaired) electrons. The van der Waals surface area contributed by atoms with Gasteiger partial charge in [-0.25, -0.2) is 18.1 Å². The minimum absolute atomic E-state index is 0.0947. The summed E-state index contributed by atoms with van der Waals surface area (Å²) in [7, 11) is -2.06. The molecule has 1 heterocycles. The van der Waals surface area contributed by atoms with Crippen molar-refractivity contribution in [2.75, 3.05) is 0 Å². The number of halogens is 1. The van der Waals surface area contributed by atoms with Gasteiger partial charge in [-0.2, -0.15) is 0 Å². The molecule has 0 bridgehead atoms. The van der Waals surface area contributed by atoms with Crippen LogP contribution >= 0.6 is 11.6 Å². The highest BCUT2D eigenvalue weighted by molar-refractivity contribution is 7.89. The number of nitrogens with one attached hydrogen (secondary N) is 1. The van der Waals surface area contributed by atoms with Crippen LogP contribution in [-0.4, -0.2) is 18.0 Å².